The highest BCUT2D eigenvalue weighted by Crippen LogP contribution is 2.26. The Morgan fingerprint density at radius 1 is 1.38 bits per heavy atom. The van der Waals surface area contributed by atoms with Crippen molar-refractivity contribution in [1.82, 2.24) is 0 Å². The molecule has 90 valence electrons. The zero-order valence-electron chi connectivity index (χ0n) is 10.1. The highest BCUT2D eigenvalue weighted by atomic mass is 19.1. The minimum absolute atomic E-state index is 0.00450. The van der Waals surface area contributed by atoms with Crippen molar-refractivity contribution in [1.29, 1.82) is 0 Å². The summed E-state index contributed by atoms with van der Waals surface area (Å²) in [5.41, 5.74) is 7.56. The van der Waals surface area contributed by atoms with Crippen LogP contribution in [0, 0.1) is 24.6 Å². The summed E-state index contributed by atoms with van der Waals surface area (Å²) in [7, 11) is 0. The molecule has 1 rings (SSSR count). The SMILES string of the molecule is Cc1cc(C(N)C(CO)C(C)C)ccc1F. The molecule has 0 spiro atoms. The number of benzene rings is 1. The van der Waals surface area contributed by atoms with Crippen molar-refractivity contribution in [2.24, 2.45) is 17.6 Å². The van der Waals surface area contributed by atoms with Crippen molar-refractivity contribution in [3.8, 4) is 0 Å². The summed E-state index contributed by atoms with van der Waals surface area (Å²) in [4.78, 5) is 0. The van der Waals surface area contributed by atoms with Crippen LogP contribution in [0.15, 0.2) is 18.2 Å². The zero-order chi connectivity index (χ0) is 12.3. The molecule has 0 amide bonds. The molecular formula is C13H20FNO. The average Bonchev–Trinajstić information content (AvgIpc) is 2.22. The van der Waals surface area contributed by atoms with Crippen LogP contribution in [0.5, 0.6) is 0 Å². The van der Waals surface area contributed by atoms with Crippen LogP contribution >= 0.6 is 0 Å². The summed E-state index contributed by atoms with van der Waals surface area (Å²) in [5, 5.41) is 9.30. The molecule has 3 N–H and O–H groups in total. The Morgan fingerprint density at radius 2 is 2.00 bits per heavy atom. The third kappa shape index (κ3) is 2.80. The molecule has 16 heavy (non-hydrogen) atoms. The first kappa shape index (κ1) is 13.1. The highest BCUT2D eigenvalue weighted by Gasteiger charge is 2.22. The number of rotatable bonds is 4. The Morgan fingerprint density at radius 3 is 2.44 bits per heavy atom. The molecule has 1 aromatic carbocycles. The van der Waals surface area contributed by atoms with Gasteiger partial charge in [0.15, 0.2) is 0 Å². The molecule has 3 heteroatoms. The van der Waals surface area contributed by atoms with Gasteiger partial charge >= 0.3 is 0 Å². The van der Waals surface area contributed by atoms with Gasteiger partial charge in [-0.05, 0) is 30.0 Å². The number of hydrogen-bond acceptors (Lipinski definition) is 2. The molecule has 0 aliphatic heterocycles. The van der Waals surface area contributed by atoms with E-state index in [0.29, 0.717) is 11.5 Å². The molecule has 0 fully saturated rings. The maximum absolute atomic E-state index is 13.1. The van der Waals surface area contributed by atoms with Crippen molar-refractivity contribution in [3.63, 3.8) is 0 Å². The molecule has 0 bridgehead atoms. The predicted molar refractivity (Wildman–Crippen MR) is 63.5 cm³/mol. The van der Waals surface area contributed by atoms with Gasteiger partial charge in [-0.15, -0.1) is 0 Å². The second kappa shape index (κ2) is 5.41. The Kier molecular flexibility index (Phi) is 4.44. The van der Waals surface area contributed by atoms with E-state index in [1.807, 2.05) is 13.8 Å². The number of hydrogen-bond donors (Lipinski definition) is 2. The maximum atomic E-state index is 13.1. The number of halogens is 1. The lowest BCUT2D eigenvalue weighted by Gasteiger charge is -2.26. The summed E-state index contributed by atoms with van der Waals surface area (Å²) < 4.78 is 13.1. The average molecular weight is 225 g/mol. The second-order valence-electron chi connectivity index (χ2n) is 4.62. The van der Waals surface area contributed by atoms with E-state index in [1.165, 1.54) is 6.07 Å². The predicted octanol–water partition coefficient (Wildman–Crippen LogP) is 2.40. The van der Waals surface area contributed by atoms with Gasteiger partial charge in [0.1, 0.15) is 5.82 Å². The van der Waals surface area contributed by atoms with E-state index in [9.17, 15) is 9.50 Å². The van der Waals surface area contributed by atoms with Crippen LogP contribution < -0.4 is 5.73 Å². The fourth-order valence-corrected chi connectivity index (χ4v) is 1.86. The molecule has 0 saturated heterocycles. The molecule has 2 atom stereocenters. The molecule has 0 heterocycles. The first-order valence-corrected chi connectivity index (χ1v) is 5.59. The van der Waals surface area contributed by atoms with Gasteiger partial charge in [0, 0.05) is 18.6 Å². The van der Waals surface area contributed by atoms with Crippen LogP contribution in [0.25, 0.3) is 0 Å². The summed E-state index contributed by atoms with van der Waals surface area (Å²) in [5.74, 6) is 0.0799. The van der Waals surface area contributed by atoms with Gasteiger partial charge in [0.25, 0.3) is 0 Å². The normalized spacial score (nSPS) is 15.2. The molecule has 0 aromatic heterocycles. The number of aliphatic hydroxyl groups is 1. The van der Waals surface area contributed by atoms with Crippen molar-refractivity contribution in [2.75, 3.05) is 6.61 Å². The van der Waals surface area contributed by atoms with Crippen LogP contribution in [-0.4, -0.2) is 11.7 Å². The van der Waals surface area contributed by atoms with Gasteiger partial charge in [0.2, 0.25) is 0 Å². The largest absolute Gasteiger partial charge is 0.396 e. The molecule has 0 aliphatic rings. The molecule has 2 nitrogen and oxygen atoms in total. The van der Waals surface area contributed by atoms with E-state index in [-0.39, 0.29) is 24.4 Å². The second-order valence-corrected chi connectivity index (χ2v) is 4.62. The van der Waals surface area contributed by atoms with Gasteiger partial charge in [0.05, 0.1) is 0 Å². The highest BCUT2D eigenvalue weighted by molar-refractivity contribution is 5.26. The van der Waals surface area contributed by atoms with Gasteiger partial charge in [-0.2, -0.15) is 0 Å². The monoisotopic (exact) mass is 225 g/mol. The zero-order valence-corrected chi connectivity index (χ0v) is 10.1. The fourth-order valence-electron chi connectivity index (χ4n) is 1.86. The van der Waals surface area contributed by atoms with E-state index >= 15 is 0 Å². The van der Waals surface area contributed by atoms with Gasteiger partial charge in [-0.25, -0.2) is 4.39 Å². The molecule has 0 radical (unpaired) electrons. The van der Waals surface area contributed by atoms with Crippen molar-refractivity contribution in [2.45, 2.75) is 26.8 Å². The standard InChI is InChI=1S/C13H20FNO/c1-8(2)11(7-16)13(15)10-4-5-12(14)9(3)6-10/h4-6,8,11,13,16H,7,15H2,1-3H3. The first-order chi connectivity index (χ1) is 7.47. The number of nitrogens with two attached hydrogens (primary N) is 1. The molecule has 0 aliphatic carbocycles. The van der Waals surface area contributed by atoms with Crippen LogP contribution in [0.2, 0.25) is 0 Å². The molecule has 1 aromatic rings. The van der Waals surface area contributed by atoms with Crippen LogP contribution in [0.4, 0.5) is 4.39 Å². The Balaban J connectivity index is 2.94. The lowest BCUT2D eigenvalue weighted by molar-refractivity contribution is 0.166. The minimum atomic E-state index is -0.246. The van der Waals surface area contributed by atoms with Crippen LogP contribution in [-0.2, 0) is 0 Å². The van der Waals surface area contributed by atoms with Crippen LogP contribution in [0.1, 0.15) is 31.0 Å². The fraction of sp³-hybridized carbons (Fsp3) is 0.538. The van der Waals surface area contributed by atoms with E-state index < -0.39 is 0 Å². The number of aliphatic hydroxyl groups excluding tert-OH is 1. The van der Waals surface area contributed by atoms with Gasteiger partial charge < -0.3 is 10.8 Å². The van der Waals surface area contributed by atoms with Gasteiger partial charge in [-0.1, -0.05) is 26.0 Å². The quantitative estimate of drug-likeness (QED) is 0.826. The third-order valence-corrected chi connectivity index (χ3v) is 3.10. The summed E-state index contributed by atoms with van der Waals surface area (Å²) in [6.45, 7) is 5.82. The van der Waals surface area contributed by atoms with Crippen LogP contribution in [0.3, 0.4) is 0 Å². The summed E-state index contributed by atoms with van der Waals surface area (Å²) >= 11 is 0. The van der Waals surface area contributed by atoms with E-state index in [2.05, 4.69) is 0 Å². The Hall–Kier alpha value is -0.930. The third-order valence-electron chi connectivity index (χ3n) is 3.10. The van der Waals surface area contributed by atoms with Crippen molar-refractivity contribution in [3.05, 3.63) is 35.1 Å². The van der Waals surface area contributed by atoms with Gasteiger partial charge in [-0.3, -0.25) is 0 Å². The molecule has 2 unspecified atom stereocenters. The Bertz CT molecular complexity index is 352. The lowest BCUT2D eigenvalue weighted by atomic mass is 9.85. The Labute approximate surface area is 96.3 Å². The molecule has 0 saturated carbocycles. The van der Waals surface area contributed by atoms with E-state index in [0.717, 1.165) is 5.56 Å². The lowest BCUT2D eigenvalue weighted by Crippen LogP contribution is -2.28. The van der Waals surface area contributed by atoms with E-state index in [4.69, 9.17) is 5.73 Å². The first-order valence-electron chi connectivity index (χ1n) is 5.59. The van der Waals surface area contributed by atoms with E-state index in [1.54, 1.807) is 19.1 Å². The smallest absolute Gasteiger partial charge is 0.126 e. The summed E-state index contributed by atoms with van der Waals surface area (Å²) in [6, 6.07) is 4.63. The minimum Gasteiger partial charge on any atom is -0.396 e. The van der Waals surface area contributed by atoms with Crippen molar-refractivity contribution >= 4 is 0 Å². The maximum Gasteiger partial charge on any atom is 0.126 e. The van der Waals surface area contributed by atoms with Crippen molar-refractivity contribution < 1.29 is 9.50 Å². The number of aryl methyl sites for hydroxylation is 1. The summed E-state index contributed by atoms with van der Waals surface area (Å²) in [6.07, 6.45) is 0. The topological polar surface area (TPSA) is 46.2 Å². The molecular weight excluding hydrogens is 205 g/mol.